The largest absolute Gasteiger partial charge is 0.310 e. The molecule has 1 heteroatoms. The molecule has 1 aliphatic carbocycles. The average Bonchev–Trinajstić information content (AvgIpc) is 2.49. The van der Waals surface area contributed by atoms with Crippen molar-refractivity contribution in [1.29, 1.82) is 0 Å². The van der Waals surface area contributed by atoms with E-state index >= 15 is 0 Å². The molecule has 0 amide bonds. The van der Waals surface area contributed by atoms with Gasteiger partial charge in [-0.15, -0.1) is 0 Å². The first-order valence-corrected chi connectivity index (χ1v) is 8.97. The van der Waals surface area contributed by atoms with Crippen molar-refractivity contribution < 1.29 is 0 Å². The van der Waals surface area contributed by atoms with Gasteiger partial charge in [0.25, 0.3) is 0 Å². The van der Waals surface area contributed by atoms with Gasteiger partial charge in [-0.3, -0.25) is 0 Å². The van der Waals surface area contributed by atoms with Gasteiger partial charge in [0.15, 0.2) is 0 Å². The molecule has 1 saturated carbocycles. The standard InChI is InChI=1S/C20H33N/c1-5-13-21-20(18-12-11-15(3)14-16(18)4)19-10-8-7-9-17(19)6-2/h11-12,14,17,19-21H,5-10,13H2,1-4H3. The van der Waals surface area contributed by atoms with Gasteiger partial charge in [-0.2, -0.15) is 0 Å². The summed E-state index contributed by atoms with van der Waals surface area (Å²) < 4.78 is 0. The Morgan fingerprint density at radius 2 is 1.90 bits per heavy atom. The van der Waals surface area contributed by atoms with Gasteiger partial charge in [0.05, 0.1) is 0 Å². The van der Waals surface area contributed by atoms with Crippen LogP contribution in [0.3, 0.4) is 0 Å². The Labute approximate surface area is 131 Å². The Morgan fingerprint density at radius 3 is 2.57 bits per heavy atom. The molecule has 1 aromatic rings. The van der Waals surface area contributed by atoms with Crippen LogP contribution in [0.5, 0.6) is 0 Å². The van der Waals surface area contributed by atoms with Gasteiger partial charge in [0.1, 0.15) is 0 Å². The van der Waals surface area contributed by atoms with Crippen LogP contribution in [0, 0.1) is 25.7 Å². The lowest BCUT2D eigenvalue weighted by atomic mass is 9.71. The highest BCUT2D eigenvalue weighted by Crippen LogP contribution is 2.41. The molecule has 1 aromatic carbocycles. The number of nitrogens with one attached hydrogen (secondary N) is 1. The van der Waals surface area contributed by atoms with Crippen LogP contribution in [-0.4, -0.2) is 6.54 Å². The van der Waals surface area contributed by atoms with E-state index in [1.165, 1.54) is 49.7 Å². The maximum atomic E-state index is 3.88. The molecule has 2 rings (SSSR count). The smallest absolute Gasteiger partial charge is 0.0353 e. The van der Waals surface area contributed by atoms with Crippen LogP contribution in [0.1, 0.15) is 75.1 Å². The Hall–Kier alpha value is -0.820. The maximum absolute atomic E-state index is 3.88. The summed E-state index contributed by atoms with van der Waals surface area (Å²) in [4.78, 5) is 0. The van der Waals surface area contributed by atoms with E-state index in [2.05, 4.69) is 51.2 Å². The summed E-state index contributed by atoms with van der Waals surface area (Å²) in [5.41, 5.74) is 4.38. The highest BCUT2D eigenvalue weighted by Gasteiger charge is 2.31. The summed E-state index contributed by atoms with van der Waals surface area (Å²) >= 11 is 0. The molecule has 0 bridgehead atoms. The van der Waals surface area contributed by atoms with Crippen LogP contribution >= 0.6 is 0 Å². The lowest BCUT2D eigenvalue weighted by Crippen LogP contribution is -2.35. The molecule has 1 fully saturated rings. The van der Waals surface area contributed by atoms with Crippen molar-refractivity contribution in [3.05, 3.63) is 34.9 Å². The minimum atomic E-state index is 0.552. The lowest BCUT2D eigenvalue weighted by molar-refractivity contribution is 0.175. The summed E-state index contributed by atoms with van der Waals surface area (Å²) in [5, 5.41) is 3.88. The molecule has 0 heterocycles. The first-order chi connectivity index (χ1) is 10.2. The van der Waals surface area contributed by atoms with E-state index in [4.69, 9.17) is 0 Å². The minimum Gasteiger partial charge on any atom is -0.310 e. The average molecular weight is 287 g/mol. The van der Waals surface area contributed by atoms with Crippen molar-refractivity contribution >= 4 is 0 Å². The first kappa shape index (κ1) is 16.5. The number of hydrogen-bond donors (Lipinski definition) is 1. The lowest BCUT2D eigenvalue weighted by Gasteiger charge is -2.38. The molecular weight excluding hydrogens is 254 g/mol. The van der Waals surface area contributed by atoms with Gasteiger partial charge in [-0.05, 0) is 56.2 Å². The molecule has 3 unspecified atom stereocenters. The zero-order chi connectivity index (χ0) is 15.2. The van der Waals surface area contributed by atoms with Gasteiger partial charge < -0.3 is 5.32 Å². The van der Waals surface area contributed by atoms with Crippen LogP contribution in [0.15, 0.2) is 18.2 Å². The third-order valence-electron chi connectivity index (χ3n) is 5.30. The molecule has 118 valence electrons. The second-order valence-electron chi connectivity index (χ2n) is 6.91. The monoisotopic (exact) mass is 287 g/mol. The van der Waals surface area contributed by atoms with E-state index in [0.29, 0.717) is 6.04 Å². The zero-order valence-corrected chi connectivity index (χ0v) is 14.4. The van der Waals surface area contributed by atoms with Crippen molar-refractivity contribution in [2.24, 2.45) is 11.8 Å². The third kappa shape index (κ3) is 4.10. The SMILES string of the molecule is CCCNC(c1ccc(C)cc1C)C1CCCCC1CC. The van der Waals surface area contributed by atoms with Crippen LogP contribution in [-0.2, 0) is 0 Å². The molecule has 3 atom stereocenters. The predicted octanol–water partition coefficient (Wildman–Crippen LogP) is 5.56. The molecule has 1 N–H and O–H groups in total. The summed E-state index contributed by atoms with van der Waals surface area (Å²) in [5.74, 6) is 1.71. The Bertz CT molecular complexity index is 437. The Morgan fingerprint density at radius 1 is 1.14 bits per heavy atom. The Kier molecular flexibility index (Phi) is 6.29. The van der Waals surface area contributed by atoms with E-state index in [1.807, 2.05) is 0 Å². The van der Waals surface area contributed by atoms with Gasteiger partial charge in [0.2, 0.25) is 0 Å². The predicted molar refractivity (Wildman–Crippen MR) is 92.7 cm³/mol. The van der Waals surface area contributed by atoms with Gasteiger partial charge in [-0.25, -0.2) is 0 Å². The van der Waals surface area contributed by atoms with Crippen molar-refractivity contribution in [3.8, 4) is 0 Å². The normalized spacial score (nSPS) is 24.0. The third-order valence-corrected chi connectivity index (χ3v) is 5.30. The highest BCUT2D eigenvalue weighted by atomic mass is 14.9. The molecule has 21 heavy (non-hydrogen) atoms. The van der Waals surface area contributed by atoms with Crippen molar-refractivity contribution in [3.63, 3.8) is 0 Å². The molecule has 1 aliphatic rings. The molecule has 0 aliphatic heterocycles. The van der Waals surface area contributed by atoms with Crippen LogP contribution in [0.25, 0.3) is 0 Å². The van der Waals surface area contributed by atoms with Gasteiger partial charge in [0, 0.05) is 6.04 Å². The molecular formula is C20H33N. The molecule has 1 nitrogen and oxygen atoms in total. The molecule has 0 spiro atoms. The van der Waals surface area contributed by atoms with E-state index in [-0.39, 0.29) is 0 Å². The number of rotatable bonds is 6. The van der Waals surface area contributed by atoms with Gasteiger partial charge in [-0.1, -0.05) is 63.3 Å². The summed E-state index contributed by atoms with van der Waals surface area (Å²) in [6.45, 7) is 10.3. The molecule has 0 radical (unpaired) electrons. The van der Waals surface area contributed by atoms with Gasteiger partial charge >= 0.3 is 0 Å². The first-order valence-electron chi connectivity index (χ1n) is 8.97. The molecule has 0 saturated heterocycles. The van der Waals surface area contributed by atoms with E-state index < -0.39 is 0 Å². The van der Waals surface area contributed by atoms with Crippen molar-refractivity contribution in [2.45, 2.75) is 72.3 Å². The summed E-state index contributed by atoms with van der Waals surface area (Å²) in [7, 11) is 0. The fourth-order valence-electron chi connectivity index (χ4n) is 4.15. The summed E-state index contributed by atoms with van der Waals surface area (Å²) in [6.07, 6.45) is 8.22. The number of benzene rings is 1. The molecule has 0 aromatic heterocycles. The fraction of sp³-hybridized carbons (Fsp3) is 0.700. The zero-order valence-electron chi connectivity index (χ0n) is 14.4. The van der Waals surface area contributed by atoms with Crippen LogP contribution < -0.4 is 5.32 Å². The minimum absolute atomic E-state index is 0.552. The van der Waals surface area contributed by atoms with Crippen LogP contribution in [0.2, 0.25) is 0 Å². The fourth-order valence-corrected chi connectivity index (χ4v) is 4.15. The topological polar surface area (TPSA) is 12.0 Å². The number of hydrogen-bond acceptors (Lipinski definition) is 1. The van der Waals surface area contributed by atoms with E-state index in [9.17, 15) is 0 Å². The summed E-state index contributed by atoms with van der Waals surface area (Å²) in [6, 6.07) is 7.56. The van der Waals surface area contributed by atoms with E-state index in [0.717, 1.165) is 18.4 Å². The second kappa shape index (κ2) is 7.98. The highest BCUT2D eigenvalue weighted by molar-refractivity contribution is 5.33. The number of aryl methyl sites for hydroxylation is 2. The Balaban J connectivity index is 2.27. The van der Waals surface area contributed by atoms with E-state index in [1.54, 1.807) is 5.56 Å². The maximum Gasteiger partial charge on any atom is 0.0353 e. The quantitative estimate of drug-likeness (QED) is 0.722. The van der Waals surface area contributed by atoms with Crippen molar-refractivity contribution in [1.82, 2.24) is 5.32 Å². The second-order valence-corrected chi connectivity index (χ2v) is 6.91. The van der Waals surface area contributed by atoms with Crippen molar-refractivity contribution in [2.75, 3.05) is 6.54 Å². The van der Waals surface area contributed by atoms with Crippen LogP contribution in [0.4, 0.5) is 0 Å².